The predicted octanol–water partition coefficient (Wildman–Crippen LogP) is 18.7. The van der Waals surface area contributed by atoms with E-state index in [9.17, 15) is 66.5 Å². The summed E-state index contributed by atoms with van der Waals surface area (Å²) < 4.78 is 107. The van der Waals surface area contributed by atoms with Crippen molar-refractivity contribution in [3.63, 3.8) is 0 Å². The maximum Gasteiger partial charge on any atom is 0.276 e. The number of nitrogen functional groups attached to an aromatic ring is 3. The second kappa shape index (κ2) is 39.8. The van der Waals surface area contributed by atoms with Crippen LogP contribution in [0.3, 0.4) is 0 Å². The first kappa shape index (κ1) is 99.4. The van der Waals surface area contributed by atoms with Crippen molar-refractivity contribution in [3.8, 4) is 69.0 Å². The highest BCUT2D eigenvalue weighted by Crippen LogP contribution is 2.50. The number of aryl methyl sites for hydroxylation is 3. The van der Waals surface area contributed by atoms with Gasteiger partial charge in [0, 0.05) is 119 Å². The highest BCUT2D eigenvalue weighted by Gasteiger charge is 2.38. The molecule has 12 aromatic rings. The largest absolute Gasteiger partial charge is 0.397 e. The molecule has 6 N–H and O–H groups in total. The number of carbonyl (C=O) groups is 3. The van der Waals surface area contributed by atoms with Crippen molar-refractivity contribution in [1.29, 1.82) is 15.8 Å². The van der Waals surface area contributed by atoms with Gasteiger partial charge < -0.3 is 46.6 Å². The first-order valence-electron chi connectivity index (χ1n) is 41.3. The van der Waals surface area contributed by atoms with Crippen molar-refractivity contribution in [1.82, 2.24) is 58.3 Å². The maximum atomic E-state index is 15.5. The number of piperazine rings is 3. The summed E-state index contributed by atoms with van der Waals surface area (Å²) in [6.07, 6.45) is 8.46. The van der Waals surface area contributed by atoms with Crippen molar-refractivity contribution < 1.29 is 45.1 Å². The van der Waals surface area contributed by atoms with Crippen molar-refractivity contribution in [3.05, 3.63) is 255 Å². The van der Waals surface area contributed by atoms with Crippen LogP contribution in [0.2, 0.25) is 40.2 Å². The first-order valence-corrected chi connectivity index (χ1v) is 44.3. The number of rotatable bonds is 15. The zero-order valence-corrected chi connectivity index (χ0v) is 79.2. The molecule has 27 nitrogen and oxygen atoms in total. The second-order valence-electron chi connectivity index (χ2n) is 32.2. The lowest BCUT2D eigenvalue weighted by Crippen LogP contribution is -2.49. The van der Waals surface area contributed by atoms with Gasteiger partial charge in [0.05, 0.1) is 122 Å². The molecule has 0 radical (unpaired) electrons. The molecule has 3 amide bonds. The maximum absolute atomic E-state index is 15.5. The highest BCUT2D eigenvalue weighted by molar-refractivity contribution is 6.43. The average molecular weight is 2000 g/mol. The Hall–Kier alpha value is -13.1. The number of nitrogens with two attached hydrogens (primary N) is 3. The van der Waals surface area contributed by atoms with E-state index in [1.165, 1.54) is 50.1 Å². The highest BCUT2D eigenvalue weighted by atomic mass is 35.5. The van der Waals surface area contributed by atoms with Crippen molar-refractivity contribution in [2.24, 2.45) is 0 Å². The van der Waals surface area contributed by atoms with Gasteiger partial charge in [-0.3, -0.25) is 57.4 Å². The van der Waals surface area contributed by atoms with E-state index < -0.39 is 116 Å². The number of hydrogen-bond acceptors (Lipinski definition) is 21. The summed E-state index contributed by atoms with van der Waals surface area (Å²) in [5.74, 6) is -11.8. The standard InChI is InChI=1S/2C31H26Cl3F2N7O2.C31H26Cl2F3N7O2/c1-5-19(44)41-8-10-42(11-9-41)29-16-12-18(32)27(20-23(35)21(33)24(36)22(34)25(20)38)40-30(16)43(31(45)17(29)13-37)28-15(4)6-7-39-26(28)14(2)3;1-5-19(44)41-8-10-42(11-9-41)29-16-12-18(32)27(20-21(33)23(35)24(36)25(38)22(20)34)40-30(16)43(31(45)17(29)13-37)28-15(4)6-7-39-26(28)14(2)3;1-5-19(44)41-8-10-42(11-9-41)29-16-12-18(32)27(20-22(34)24(36)23(35)21(33)25(20)38)40-30(16)43(31(45)17(29)13-37)28-15(4)6-7-39-26(28)14(2)3/h3*5-7,12,14H,1,8-11,38H2,2-4H3. The summed E-state index contributed by atoms with van der Waals surface area (Å²) in [4.78, 5) is 117. The van der Waals surface area contributed by atoms with E-state index in [2.05, 4.69) is 56.8 Å². The van der Waals surface area contributed by atoms with Crippen LogP contribution in [0.15, 0.2) is 107 Å². The van der Waals surface area contributed by atoms with Crippen LogP contribution in [-0.2, 0) is 14.4 Å². The molecule has 0 unspecified atom stereocenters. The molecule has 3 aliphatic rings. The van der Waals surface area contributed by atoms with Crippen LogP contribution in [0.25, 0.3) is 83.9 Å². The Morgan fingerprint density at radius 3 is 0.948 bits per heavy atom. The normalized spacial score (nSPS) is 13.4. The minimum absolute atomic E-state index is 0.00590. The van der Waals surface area contributed by atoms with Crippen LogP contribution in [-0.4, -0.2) is 155 Å². The molecule has 3 aliphatic heterocycles. The van der Waals surface area contributed by atoms with E-state index in [-0.39, 0.29) is 176 Å². The lowest BCUT2D eigenvalue weighted by atomic mass is 10.0. The molecule has 0 bridgehead atoms. The van der Waals surface area contributed by atoms with Gasteiger partial charge in [-0.05, 0) is 110 Å². The molecule has 3 fully saturated rings. The van der Waals surface area contributed by atoms with Gasteiger partial charge in [-0.25, -0.2) is 45.7 Å². The number of pyridine rings is 9. The van der Waals surface area contributed by atoms with Gasteiger partial charge >= 0.3 is 0 Å². The number of benzene rings is 3. The molecule has 0 spiro atoms. The second-order valence-corrected chi connectivity index (χ2v) is 35.3. The number of hydrogen-bond donors (Lipinski definition) is 3. The number of fused-ring (bicyclic) bond motifs is 3. The molecule has 135 heavy (non-hydrogen) atoms. The Morgan fingerprint density at radius 2 is 0.659 bits per heavy atom. The molecular formula is C93H78Cl8F7N21O6. The molecule has 42 heteroatoms. The third-order valence-corrected chi connectivity index (χ3v) is 25.9. The van der Waals surface area contributed by atoms with Gasteiger partial charge in [0.2, 0.25) is 17.7 Å². The van der Waals surface area contributed by atoms with E-state index in [1.807, 2.05) is 52.5 Å². The van der Waals surface area contributed by atoms with E-state index >= 15 is 8.78 Å². The van der Waals surface area contributed by atoms with Gasteiger partial charge in [-0.2, -0.15) is 15.8 Å². The van der Waals surface area contributed by atoms with E-state index in [0.717, 1.165) is 0 Å². The van der Waals surface area contributed by atoms with Crippen LogP contribution >= 0.6 is 92.8 Å². The molecule has 0 aliphatic carbocycles. The minimum atomic E-state index is -1.88. The molecule has 12 heterocycles. The molecule has 0 atom stereocenters. The number of halogens is 15. The lowest BCUT2D eigenvalue weighted by Gasteiger charge is -2.36. The Bertz CT molecular complexity index is 6650. The fourth-order valence-corrected chi connectivity index (χ4v) is 18.5. The summed E-state index contributed by atoms with van der Waals surface area (Å²) in [6.45, 7) is 30.6. The number of anilines is 6. The predicted molar refractivity (Wildman–Crippen MR) is 512 cm³/mol. The van der Waals surface area contributed by atoms with Crippen molar-refractivity contribution in [2.45, 2.75) is 80.1 Å². The van der Waals surface area contributed by atoms with Gasteiger partial charge in [0.25, 0.3) is 16.7 Å². The third-order valence-electron chi connectivity index (χ3n) is 23.2. The smallest absolute Gasteiger partial charge is 0.276 e. The monoisotopic (exact) mass is 2000 g/mol. The molecular weight excluding hydrogens is 1920 g/mol. The Morgan fingerprint density at radius 1 is 0.378 bits per heavy atom. The first-order chi connectivity index (χ1) is 64.0. The van der Waals surface area contributed by atoms with E-state index in [4.69, 9.17) is 115 Å². The van der Waals surface area contributed by atoms with Crippen molar-refractivity contribution >= 4 is 178 Å². The fourth-order valence-electron chi connectivity index (χ4n) is 16.6. The van der Waals surface area contributed by atoms with Gasteiger partial charge in [-0.1, -0.05) is 154 Å². The van der Waals surface area contributed by atoms with Crippen LogP contribution < -0.4 is 48.6 Å². The zero-order chi connectivity index (χ0) is 98.7. The Labute approximate surface area is 806 Å². The zero-order valence-electron chi connectivity index (χ0n) is 73.2. The van der Waals surface area contributed by atoms with Gasteiger partial charge in [-0.15, -0.1) is 0 Å². The Balaban J connectivity index is 0.000000171. The minimum Gasteiger partial charge on any atom is -0.397 e. The van der Waals surface area contributed by atoms with Crippen LogP contribution in [0.4, 0.5) is 64.9 Å². The van der Waals surface area contributed by atoms with Crippen LogP contribution in [0.1, 0.15) is 110 Å². The summed E-state index contributed by atoms with van der Waals surface area (Å²) in [5, 5.41) is 28.0. The average Bonchev–Trinajstić information content (AvgIpc) is 0.728. The number of nitrogens with zero attached hydrogens (tertiary/aromatic N) is 18. The summed E-state index contributed by atoms with van der Waals surface area (Å²) in [7, 11) is 0. The number of carbonyl (C=O) groups excluding carboxylic acids is 3. The van der Waals surface area contributed by atoms with Gasteiger partial charge in [0.15, 0.2) is 40.7 Å². The molecule has 3 saturated heterocycles. The lowest BCUT2D eigenvalue weighted by molar-refractivity contribution is -0.127. The molecule has 696 valence electrons. The Kier molecular flexibility index (Phi) is 29.3. The molecule has 3 aromatic carbocycles. The third kappa shape index (κ3) is 17.7. The molecule has 9 aromatic heterocycles. The number of amides is 3. The summed E-state index contributed by atoms with van der Waals surface area (Å²) in [5.41, 5.74) is 16.3. The van der Waals surface area contributed by atoms with E-state index in [0.29, 0.717) is 87.8 Å². The number of aromatic nitrogens is 9. The fraction of sp³-hybridized carbons (Fsp3) is 0.258. The van der Waals surface area contributed by atoms with Crippen LogP contribution in [0, 0.1) is 95.5 Å². The summed E-state index contributed by atoms with van der Waals surface area (Å²) in [6, 6.07) is 15.5. The number of nitriles is 3. The quantitative estimate of drug-likeness (QED) is 0.0282. The molecule has 15 rings (SSSR count). The molecule has 0 saturated carbocycles. The van der Waals surface area contributed by atoms with Gasteiger partial charge in [0.1, 0.15) is 66.9 Å². The summed E-state index contributed by atoms with van der Waals surface area (Å²) >= 11 is 50.7. The van der Waals surface area contributed by atoms with Crippen LogP contribution in [0.5, 0.6) is 0 Å². The topological polar surface area (TPSA) is 363 Å². The van der Waals surface area contributed by atoms with Crippen molar-refractivity contribution in [2.75, 3.05) is 110 Å². The van der Waals surface area contributed by atoms with E-state index in [1.54, 1.807) is 82.1 Å². The SMILES string of the molecule is C=CC(=O)N1CCN(c2c(C#N)c(=O)n(-c3c(C)ccnc3C(C)C)c3nc(-c4c(Cl)c(N)c(F)c(F)c4Cl)c(Cl)cc23)CC1.C=CC(=O)N1CCN(c2c(C#N)c(=O)n(-c3c(C)ccnc3C(C)C)c3nc(-c4c(N)c(Cl)c(F)c(Cl)c4F)c(Cl)cc23)CC1.C=CC(=O)N1CCN(c2c(C#N)c(=O)n(-c3c(C)ccnc3C(C)C)c3nc(-c4c(N)c(Cl)c(F)c(F)c4F)c(Cl)cc23)CC1.